The number of aliphatic hydroxyl groups is 2. The van der Waals surface area contributed by atoms with Crippen LogP contribution in [0.15, 0.2) is 48.6 Å². The third kappa shape index (κ3) is 21.3. The molecule has 0 heterocycles. The highest BCUT2D eigenvalue weighted by Gasteiger charge is 2.27. The Balaban J connectivity index is 4.55. The van der Waals surface area contributed by atoms with Crippen LogP contribution in [0, 0.1) is 0 Å². The number of nitrogens with one attached hydrogen (secondary N) is 1. The topological polar surface area (TPSA) is 124 Å². The summed E-state index contributed by atoms with van der Waals surface area (Å²) in [6.45, 7) is 4.25. The van der Waals surface area contributed by atoms with Crippen LogP contribution in [-0.2, 0) is 14.9 Å². The van der Waals surface area contributed by atoms with Crippen molar-refractivity contribution in [3.05, 3.63) is 48.6 Å². The molecule has 0 fully saturated rings. The molecule has 0 aliphatic rings. The molecule has 3 atom stereocenters. The lowest BCUT2D eigenvalue weighted by atomic mass is 10.1. The van der Waals surface area contributed by atoms with Crippen molar-refractivity contribution in [3.63, 3.8) is 0 Å². The highest BCUT2D eigenvalue weighted by molar-refractivity contribution is 7.85. The van der Waals surface area contributed by atoms with Gasteiger partial charge in [-0.3, -0.25) is 9.35 Å². The Morgan fingerprint density at radius 3 is 1.97 bits per heavy atom. The van der Waals surface area contributed by atoms with Gasteiger partial charge in [0.2, 0.25) is 5.91 Å². The molecule has 0 saturated carbocycles. The molecule has 3 unspecified atom stereocenters. The van der Waals surface area contributed by atoms with Crippen LogP contribution >= 0.6 is 0 Å². The number of carbonyl (C=O) groups is 1. The van der Waals surface area contributed by atoms with E-state index in [1.807, 2.05) is 18.2 Å². The lowest BCUT2D eigenvalue weighted by Gasteiger charge is -2.22. The number of hydrogen-bond donors (Lipinski definition) is 4. The molecule has 0 bridgehead atoms. The average Bonchev–Trinajstić information content (AvgIpc) is 2.80. The van der Waals surface area contributed by atoms with Gasteiger partial charge in [-0.25, -0.2) is 0 Å². The Hall–Kier alpha value is -1.74. The first-order chi connectivity index (χ1) is 16.7. The van der Waals surface area contributed by atoms with Crippen molar-refractivity contribution in [2.75, 3.05) is 5.75 Å². The van der Waals surface area contributed by atoms with Gasteiger partial charge in [-0.15, -0.1) is 0 Å². The molecule has 0 aromatic carbocycles. The molecule has 0 aromatic heterocycles. The van der Waals surface area contributed by atoms with E-state index in [4.69, 9.17) is 0 Å². The Labute approximate surface area is 212 Å². The van der Waals surface area contributed by atoms with Crippen LogP contribution in [-0.4, -0.2) is 53.1 Å². The van der Waals surface area contributed by atoms with Crippen molar-refractivity contribution in [2.24, 2.45) is 0 Å². The number of allylic oxidation sites excluding steroid dienone is 7. The van der Waals surface area contributed by atoms with Gasteiger partial charge in [0.25, 0.3) is 10.1 Å². The number of hydrogen-bond acceptors (Lipinski definition) is 5. The van der Waals surface area contributed by atoms with E-state index >= 15 is 0 Å². The number of unbranched alkanes of at least 4 members (excludes halogenated alkanes) is 6. The normalized spacial score (nSPS) is 15.5. The summed E-state index contributed by atoms with van der Waals surface area (Å²) in [5, 5.41) is 22.8. The summed E-state index contributed by atoms with van der Waals surface area (Å²) in [4.78, 5) is 12.3. The summed E-state index contributed by atoms with van der Waals surface area (Å²) in [7, 11) is -4.44. The van der Waals surface area contributed by atoms with E-state index in [1.54, 1.807) is 6.08 Å². The van der Waals surface area contributed by atoms with Gasteiger partial charge >= 0.3 is 0 Å². The molecular formula is C27H47NO6S. The first-order valence-corrected chi connectivity index (χ1v) is 14.6. The van der Waals surface area contributed by atoms with Crippen LogP contribution in [0.5, 0.6) is 0 Å². The van der Waals surface area contributed by atoms with Crippen LogP contribution < -0.4 is 5.32 Å². The van der Waals surface area contributed by atoms with Crippen LogP contribution in [0.1, 0.15) is 90.9 Å². The number of aliphatic hydroxyl groups excluding tert-OH is 2. The minimum atomic E-state index is -4.44. The van der Waals surface area contributed by atoms with Crippen molar-refractivity contribution in [3.8, 4) is 0 Å². The quantitative estimate of drug-likeness (QED) is 0.0970. The Kier molecular flexibility index (Phi) is 20.5. The van der Waals surface area contributed by atoms with Crippen LogP contribution in [0.25, 0.3) is 0 Å². The second-order valence-corrected chi connectivity index (χ2v) is 10.2. The maximum Gasteiger partial charge on any atom is 0.267 e. The lowest BCUT2D eigenvalue weighted by molar-refractivity contribution is -0.130. The smallest absolute Gasteiger partial charge is 0.267 e. The van der Waals surface area contributed by atoms with Crippen molar-refractivity contribution >= 4 is 16.0 Å². The predicted molar refractivity (Wildman–Crippen MR) is 144 cm³/mol. The summed E-state index contributed by atoms with van der Waals surface area (Å²) in [5.41, 5.74) is 0. The van der Waals surface area contributed by atoms with E-state index in [9.17, 15) is 28.0 Å². The van der Waals surface area contributed by atoms with Gasteiger partial charge < -0.3 is 15.5 Å². The molecule has 0 aliphatic carbocycles. The van der Waals surface area contributed by atoms with Crippen LogP contribution in [0.2, 0.25) is 0 Å². The molecule has 0 rings (SSSR count). The largest absolute Gasteiger partial charge is 0.387 e. The second-order valence-electron chi connectivity index (χ2n) is 8.70. The summed E-state index contributed by atoms with van der Waals surface area (Å²) in [5.74, 6) is -1.62. The summed E-state index contributed by atoms with van der Waals surface area (Å²) >= 11 is 0. The summed E-state index contributed by atoms with van der Waals surface area (Å²) in [6, 6.07) is -1.27. The fraction of sp³-hybridized carbons (Fsp3) is 0.667. The molecule has 35 heavy (non-hydrogen) atoms. The molecule has 0 spiro atoms. The minimum absolute atomic E-state index is 0.183. The minimum Gasteiger partial charge on any atom is -0.387 e. The van der Waals surface area contributed by atoms with Crippen molar-refractivity contribution < 1.29 is 28.0 Å². The van der Waals surface area contributed by atoms with E-state index in [-0.39, 0.29) is 6.42 Å². The molecular weight excluding hydrogens is 466 g/mol. The average molecular weight is 514 g/mol. The SMILES string of the molecule is CC/C=C/CC/C=C/CC/C=C/C(O)C(CS(=O)(=O)O)NC(=O)C(O)CC/C=C\CCCCCC. The molecule has 4 N–H and O–H groups in total. The van der Waals surface area contributed by atoms with Crippen molar-refractivity contribution in [2.45, 2.75) is 109 Å². The third-order valence-electron chi connectivity index (χ3n) is 5.33. The van der Waals surface area contributed by atoms with E-state index in [0.29, 0.717) is 12.8 Å². The number of carbonyl (C=O) groups excluding carboxylic acids is 1. The maximum atomic E-state index is 12.3. The zero-order valence-electron chi connectivity index (χ0n) is 21.5. The molecule has 7 nitrogen and oxygen atoms in total. The maximum absolute atomic E-state index is 12.3. The molecule has 0 aliphatic heterocycles. The predicted octanol–water partition coefficient (Wildman–Crippen LogP) is 5.03. The van der Waals surface area contributed by atoms with Crippen molar-refractivity contribution in [1.29, 1.82) is 0 Å². The van der Waals surface area contributed by atoms with Gasteiger partial charge in [0.15, 0.2) is 0 Å². The van der Waals surface area contributed by atoms with Gasteiger partial charge in [-0.2, -0.15) is 8.42 Å². The Morgan fingerprint density at radius 2 is 1.37 bits per heavy atom. The third-order valence-corrected chi connectivity index (χ3v) is 6.11. The standard InChI is InChI=1S/C27H47NO6S/c1-3-5-7-9-11-13-14-16-17-19-21-25(29)24(23-35(32,33)34)28-27(31)26(30)22-20-18-15-12-10-8-6-4-2/h5,7,13-15,18-19,21,24-26,29-30H,3-4,6,8-12,16-17,20,22-23H2,1-2H3,(H,28,31)(H,32,33,34)/b7-5+,14-13+,18-15-,21-19+. The first-order valence-electron chi connectivity index (χ1n) is 12.9. The lowest BCUT2D eigenvalue weighted by Crippen LogP contribution is -2.50. The van der Waals surface area contributed by atoms with Gasteiger partial charge in [0.1, 0.15) is 6.10 Å². The molecule has 202 valence electrons. The zero-order chi connectivity index (χ0) is 26.4. The Bertz CT molecular complexity index is 758. The zero-order valence-corrected chi connectivity index (χ0v) is 22.3. The van der Waals surface area contributed by atoms with Crippen molar-refractivity contribution in [1.82, 2.24) is 5.32 Å². The van der Waals surface area contributed by atoms with E-state index in [1.165, 1.54) is 25.3 Å². The van der Waals surface area contributed by atoms with E-state index in [2.05, 4.69) is 37.4 Å². The monoisotopic (exact) mass is 513 g/mol. The van der Waals surface area contributed by atoms with E-state index < -0.39 is 40.0 Å². The second kappa shape index (κ2) is 21.5. The Morgan fingerprint density at radius 1 is 0.800 bits per heavy atom. The van der Waals surface area contributed by atoms with Gasteiger partial charge in [0, 0.05) is 0 Å². The summed E-state index contributed by atoms with van der Waals surface area (Å²) < 4.78 is 31.9. The van der Waals surface area contributed by atoms with Crippen LogP contribution in [0.3, 0.4) is 0 Å². The highest BCUT2D eigenvalue weighted by atomic mass is 32.2. The number of rotatable bonds is 21. The van der Waals surface area contributed by atoms with E-state index in [0.717, 1.165) is 38.5 Å². The molecule has 0 aromatic rings. The molecule has 0 saturated heterocycles. The van der Waals surface area contributed by atoms with Gasteiger partial charge in [0.05, 0.1) is 17.9 Å². The first kappa shape index (κ1) is 33.3. The highest BCUT2D eigenvalue weighted by Crippen LogP contribution is 2.07. The van der Waals surface area contributed by atoms with Gasteiger partial charge in [-0.05, 0) is 57.8 Å². The molecule has 0 radical (unpaired) electrons. The fourth-order valence-electron chi connectivity index (χ4n) is 3.32. The molecule has 8 heteroatoms. The number of amides is 1. The van der Waals surface area contributed by atoms with Crippen LogP contribution in [0.4, 0.5) is 0 Å². The molecule has 1 amide bonds. The summed E-state index contributed by atoms with van der Waals surface area (Å²) in [6.07, 6.45) is 23.6. The van der Waals surface area contributed by atoms with Gasteiger partial charge in [-0.1, -0.05) is 81.7 Å². The fourth-order valence-corrected chi connectivity index (χ4v) is 4.05.